The third-order valence-electron chi connectivity index (χ3n) is 3.65. The van der Waals surface area contributed by atoms with Crippen LogP contribution in [0, 0.1) is 5.92 Å². The van der Waals surface area contributed by atoms with Gasteiger partial charge in [0.05, 0.1) is 10.8 Å². The fraction of sp³-hybridized carbons (Fsp3) is 0.467. The molecule has 1 aromatic carbocycles. The number of amides is 2. The van der Waals surface area contributed by atoms with Crippen molar-refractivity contribution in [2.24, 2.45) is 5.92 Å². The Morgan fingerprint density at radius 1 is 1.43 bits per heavy atom. The van der Waals surface area contributed by atoms with Crippen molar-refractivity contribution < 1.29 is 19.0 Å². The molecule has 2 unspecified atom stereocenters. The van der Waals surface area contributed by atoms with E-state index in [1.165, 1.54) is 4.90 Å². The molecule has 0 radical (unpaired) electrons. The van der Waals surface area contributed by atoms with Gasteiger partial charge in [-0.3, -0.25) is 19.0 Å². The summed E-state index contributed by atoms with van der Waals surface area (Å²) in [6.45, 7) is 3.82. The highest BCUT2D eigenvalue weighted by Crippen LogP contribution is 2.34. The molecule has 6 nitrogen and oxygen atoms in total. The summed E-state index contributed by atoms with van der Waals surface area (Å²) in [4.78, 5) is 25.7. The van der Waals surface area contributed by atoms with Crippen LogP contribution in [0.4, 0.5) is 0 Å². The zero-order valence-electron chi connectivity index (χ0n) is 12.9. The van der Waals surface area contributed by atoms with Crippen LogP contribution in [-0.4, -0.2) is 37.9 Å². The number of carbonyl (C=O) groups is 2. The van der Waals surface area contributed by atoms with Crippen LogP contribution in [-0.2, 0) is 20.4 Å². The summed E-state index contributed by atoms with van der Waals surface area (Å²) in [5.41, 5.74) is 2.26. The van der Waals surface area contributed by atoms with E-state index < -0.39 is 28.1 Å². The van der Waals surface area contributed by atoms with Crippen molar-refractivity contribution >= 4 is 34.2 Å². The predicted octanol–water partition coefficient (Wildman–Crippen LogP) is 1.85. The van der Waals surface area contributed by atoms with Crippen molar-refractivity contribution in [2.45, 2.75) is 31.7 Å². The number of nitrogens with zero attached hydrogens (tertiary/aromatic N) is 1. The van der Waals surface area contributed by atoms with Gasteiger partial charge in [0, 0.05) is 5.02 Å². The minimum Gasteiger partial charge on any atom is -0.311 e. The first kappa shape index (κ1) is 17.9. The Morgan fingerprint density at radius 2 is 2.04 bits per heavy atom. The standard InChI is InChI=1S/C15H19ClN2O4S/c1-9(2)7-12(14(20)17-21)18-13(19)8-23(22)15(18)10-3-5-11(16)6-4-10/h3-6,9,12,15,21H,7-8H2,1-2H3,(H,17,20)/t12?,15-,23?/m0/s1. The molecule has 2 rings (SSSR count). The van der Waals surface area contributed by atoms with Crippen LogP contribution in [0.5, 0.6) is 0 Å². The molecule has 2 amide bonds. The first-order chi connectivity index (χ1) is 10.8. The maximum Gasteiger partial charge on any atom is 0.266 e. The number of halogens is 1. The van der Waals surface area contributed by atoms with Gasteiger partial charge in [0.15, 0.2) is 0 Å². The minimum absolute atomic E-state index is 0.116. The molecule has 1 aliphatic rings. The van der Waals surface area contributed by atoms with Crippen LogP contribution < -0.4 is 5.48 Å². The minimum atomic E-state index is -1.46. The Balaban J connectivity index is 2.41. The van der Waals surface area contributed by atoms with Crippen molar-refractivity contribution in [1.29, 1.82) is 0 Å². The highest BCUT2D eigenvalue weighted by molar-refractivity contribution is 7.86. The summed E-state index contributed by atoms with van der Waals surface area (Å²) in [5.74, 6) is -1.06. The Morgan fingerprint density at radius 3 is 2.57 bits per heavy atom. The summed E-state index contributed by atoms with van der Waals surface area (Å²) in [6.07, 6.45) is 0.361. The fourth-order valence-electron chi connectivity index (χ4n) is 2.68. The third kappa shape index (κ3) is 3.91. The Labute approximate surface area is 142 Å². The smallest absolute Gasteiger partial charge is 0.266 e. The molecule has 1 fully saturated rings. The van der Waals surface area contributed by atoms with Crippen molar-refractivity contribution in [3.05, 3.63) is 34.9 Å². The van der Waals surface area contributed by atoms with Gasteiger partial charge in [-0.1, -0.05) is 37.6 Å². The van der Waals surface area contributed by atoms with Gasteiger partial charge in [0.1, 0.15) is 17.2 Å². The maximum absolute atomic E-state index is 12.4. The fourth-order valence-corrected chi connectivity index (χ4v) is 4.33. The van der Waals surface area contributed by atoms with Gasteiger partial charge in [-0.25, -0.2) is 5.48 Å². The van der Waals surface area contributed by atoms with Crippen LogP contribution in [0.1, 0.15) is 31.2 Å². The average Bonchev–Trinajstić information content (AvgIpc) is 2.79. The molecule has 0 aliphatic carbocycles. The van der Waals surface area contributed by atoms with Gasteiger partial charge in [-0.15, -0.1) is 0 Å². The topological polar surface area (TPSA) is 86.7 Å². The van der Waals surface area contributed by atoms with E-state index in [0.29, 0.717) is 17.0 Å². The summed E-state index contributed by atoms with van der Waals surface area (Å²) >= 11 is 5.87. The van der Waals surface area contributed by atoms with Crippen molar-refractivity contribution in [3.8, 4) is 0 Å². The molecule has 3 atom stereocenters. The average molecular weight is 359 g/mol. The first-order valence-electron chi connectivity index (χ1n) is 7.23. The second-order valence-corrected chi connectivity index (χ2v) is 7.78. The number of carbonyl (C=O) groups excluding carboxylic acids is 2. The van der Waals surface area contributed by atoms with E-state index in [-0.39, 0.29) is 17.6 Å². The largest absolute Gasteiger partial charge is 0.311 e. The molecule has 23 heavy (non-hydrogen) atoms. The van der Waals surface area contributed by atoms with E-state index in [9.17, 15) is 13.8 Å². The van der Waals surface area contributed by atoms with E-state index in [1.54, 1.807) is 29.7 Å². The zero-order valence-corrected chi connectivity index (χ0v) is 14.4. The molecule has 8 heteroatoms. The first-order valence-corrected chi connectivity index (χ1v) is 8.99. The number of rotatable bonds is 5. The Hall–Kier alpha value is -1.44. The Bertz CT molecular complexity index is 620. The van der Waals surface area contributed by atoms with Crippen LogP contribution in [0.15, 0.2) is 24.3 Å². The Kier molecular flexibility index (Phi) is 5.78. The number of nitrogens with one attached hydrogen (secondary N) is 1. The molecule has 1 heterocycles. The molecule has 1 aromatic rings. The zero-order chi connectivity index (χ0) is 17.1. The lowest BCUT2D eigenvalue weighted by Gasteiger charge is -2.32. The molecule has 0 saturated carbocycles. The summed E-state index contributed by atoms with van der Waals surface area (Å²) < 4.78 is 12.4. The second-order valence-electron chi connectivity index (χ2n) is 5.85. The lowest BCUT2D eigenvalue weighted by atomic mass is 10.0. The number of hydrogen-bond acceptors (Lipinski definition) is 4. The predicted molar refractivity (Wildman–Crippen MR) is 87.2 cm³/mol. The summed E-state index contributed by atoms with van der Waals surface area (Å²) in [5, 5.41) is 8.80. The number of benzene rings is 1. The molecule has 0 aromatic heterocycles. The van der Waals surface area contributed by atoms with Crippen molar-refractivity contribution in [1.82, 2.24) is 10.4 Å². The van der Waals surface area contributed by atoms with Crippen LogP contribution >= 0.6 is 11.6 Å². The van der Waals surface area contributed by atoms with E-state index in [0.717, 1.165) is 0 Å². The molecule has 2 N–H and O–H groups in total. The third-order valence-corrected chi connectivity index (χ3v) is 5.43. The SMILES string of the molecule is CC(C)CC(C(=O)NO)N1C(=O)CS(=O)[C@H]1c1ccc(Cl)cc1. The van der Waals surface area contributed by atoms with Gasteiger partial charge in [0.2, 0.25) is 5.91 Å². The highest BCUT2D eigenvalue weighted by Gasteiger charge is 2.44. The highest BCUT2D eigenvalue weighted by atomic mass is 35.5. The van der Waals surface area contributed by atoms with E-state index >= 15 is 0 Å². The maximum atomic E-state index is 12.4. The van der Waals surface area contributed by atoms with Gasteiger partial charge < -0.3 is 4.90 Å². The monoisotopic (exact) mass is 358 g/mol. The molecular weight excluding hydrogens is 340 g/mol. The summed E-state index contributed by atoms with van der Waals surface area (Å²) in [6, 6.07) is 5.82. The number of hydrogen-bond donors (Lipinski definition) is 2. The van der Waals surface area contributed by atoms with E-state index in [1.807, 2.05) is 13.8 Å². The molecular formula is C15H19ClN2O4S. The lowest BCUT2D eigenvalue weighted by Crippen LogP contribution is -2.48. The second kappa shape index (κ2) is 7.42. The van der Waals surface area contributed by atoms with Gasteiger partial charge >= 0.3 is 0 Å². The van der Waals surface area contributed by atoms with Crippen molar-refractivity contribution in [2.75, 3.05) is 5.75 Å². The van der Waals surface area contributed by atoms with E-state index in [4.69, 9.17) is 16.8 Å². The number of hydroxylamine groups is 1. The van der Waals surface area contributed by atoms with Crippen LogP contribution in [0.25, 0.3) is 0 Å². The quantitative estimate of drug-likeness (QED) is 0.621. The van der Waals surface area contributed by atoms with Gasteiger partial charge in [0.25, 0.3) is 5.91 Å². The molecule has 126 valence electrons. The van der Waals surface area contributed by atoms with Crippen LogP contribution in [0.2, 0.25) is 5.02 Å². The lowest BCUT2D eigenvalue weighted by molar-refractivity contribution is -0.143. The summed E-state index contributed by atoms with van der Waals surface area (Å²) in [7, 11) is -1.46. The van der Waals surface area contributed by atoms with Gasteiger partial charge in [-0.05, 0) is 30.0 Å². The normalized spacial score (nSPS) is 22.5. The molecule has 0 bridgehead atoms. The molecule has 0 spiro atoms. The molecule has 1 saturated heterocycles. The molecule has 1 aliphatic heterocycles. The van der Waals surface area contributed by atoms with Crippen molar-refractivity contribution in [3.63, 3.8) is 0 Å². The van der Waals surface area contributed by atoms with E-state index in [2.05, 4.69) is 0 Å². The van der Waals surface area contributed by atoms with Gasteiger partial charge in [-0.2, -0.15) is 0 Å². The van der Waals surface area contributed by atoms with Crippen LogP contribution in [0.3, 0.4) is 0 Å².